The number of alkyl halides is 6. The number of rotatable bonds is 5. The number of ketones is 1. The minimum atomic E-state index is -5.51. The van der Waals surface area contributed by atoms with Gasteiger partial charge in [0.1, 0.15) is 5.82 Å². The molecule has 2 aromatic carbocycles. The van der Waals surface area contributed by atoms with E-state index < -0.39 is 63.4 Å². The second-order valence-electron chi connectivity index (χ2n) is 10.4. The first kappa shape index (κ1) is 28.3. The summed E-state index contributed by atoms with van der Waals surface area (Å²) in [5, 5.41) is 1.62. The normalized spacial score (nSPS) is 21.3. The third kappa shape index (κ3) is 5.16. The smallest absolute Gasteiger partial charge is 0.326 e. The van der Waals surface area contributed by atoms with Crippen molar-refractivity contribution in [2.24, 2.45) is 5.41 Å². The first-order valence-electron chi connectivity index (χ1n) is 11.9. The molecule has 1 heterocycles. The predicted molar refractivity (Wildman–Crippen MR) is 125 cm³/mol. The molecule has 1 aliphatic carbocycles. The maximum Gasteiger partial charge on any atom is 0.425 e. The zero-order chi connectivity index (χ0) is 29.0. The van der Waals surface area contributed by atoms with Crippen molar-refractivity contribution >= 4 is 17.6 Å². The van der Waals surface area contributed by atoms with Crippen molar-refractivity contribution in [3.05, 3.63) is 82.3 Å². The number of benzene rings is 2. The molecule has 0 saturated heterocycles. The van der Waals surface area contributed by atoms with E-state index in [1.807, 2.05) is 0 Å². The van der Waals surface area contributed by atoms with Crippen molar-refractivity contribution in [3.8, 4) is 0 Å². The number of carbonyl (C=O) groups excluding carboxylic acids is 3. The summed E-state index contributed by atoms with van der Waals surface area (Å²) in [7, 11) is 0. The fourth-order valence-electron chi connectivity index (χ4n) is 5.03. The Labute approximate surface area is 218 Å². The average molecular weight is 556 g/mol. The lowest BCUT2D eigenvalue weighted by Gasteiger charge is -2.35. The molecule has 0 fully saturated rings. The summed E-state index contributed by atoms with van der Waals surface area (Å²) in [4.78, 5) is 40.6. The monoisotopic (exact) mass is 556 g/mol. The summed E-state index contributed by atoms with van der Waals surface area (Å²) < 4.78 is 97.3. The zero-order valence-corrected chi connectivity index (χ0v) is 20.8. The highest BCUT2D eigenvalue weighted by atomic mass is 19.4. The second-order valence-corrected chi connectivity index (χ2v) is 10.4. The van der Waals surface area contributed by atoms with Gasteiger partial charge in [0.15, 0.2) is 5.78 Å². The van der Waals surface area contributed by atoms with Gasteiger partial charge in [-0.05, 0) is 54.2 Å². The lowest BCUT2D eigenvalue weighted by Crippen LogP contribution is -2.66. The van der Waals surface area contributed by atoms with Crippen LogP contribution in [0.25, 0.3) is 0 Å². The second kappa shape index (κ2) is 9.49. The first-order chi connectivity index (χ1) is 18.0. The van der Waals surface area contributed by atoms with Crippen LogP contribution in [0.5, 0.6) is 0 Å². The number of amides is 2. The van der Waals surface area contributed by atoms with E-state index in [-0.39, 0.29) is 31.5 Å². The Balaban J connectivity index is 1.79. The first-order valence-corrected chi connectivity index (χ1v) is 11.9. The van der Waals surface area contributed by atoms with Gasteiger partial charge in [-0.2, -0.15) is 26.3 Å². The topological polar surface area (TPSA) is 66.5 Å². The number of carbonyl (C=O) groups is 3. The van der Waals surface area contributed by atoms with E-state index in [1.165, 1.54) is 12.1 Å². The van der Waals surface area contributed by atoms with Crippen LogP contribution in [-0.2, 0) is 22.2 Å². The number of Topliss-reactive ketones (excluding diaryl/α,β-unsaturated/α-hetero) is 1. The lowest BCUT2D eigenvalue weighted by atomic mass is 9.72. The van der Waals surface area contributed by atoms with Crippen LogP contribution in [-0.4, -0.2) is 40.8 Å². The van der Waals surface area contributed by atoms with Gasteiger partial charge >= 0.3 is 12.4 Å². The standard InChI is InChI=1S/C27H23F7N2O3/c1-24(2)13-19-21(20(37)14-24)25(27(32,33)34,23(39)36(19)11-10-15-6-8-18(28)9-7-15)35-22(38)16-4-3-5-17(12-16)26(29,30)31/h3-9,12H,10-11,13-14H2,1-2H3,(H,35,38). The molecule has 2 aromatic rings. The molecule has 1 unspecified atom stereocenters. The van der Waals surface area contributed by atoms with Gasteiger partial charge in [0.05, 0.1) is 11.1 Å². The Morgan fingerprint density at radius 3 is 2.21 bits per heavy atom. The van der Waals surface area contributed by atoms with Gasteiger partial charge in [-0.25, -0.2) is 4.39 Å². The molecule has 0 bridgehead atoms. The number of hydrogen-bond donors (Lipinski definition) is 1. The molecule has 0 radical (unpaired) electrons. The Hall–Kier alpha value is -3.70. The largest absolute Gasteiger partial charge is 0.425 e. The molecule has 208 valence electrons. The van der Waals surface area contributed by atoms with E-state index >= 15 is 0 Å². The van der Waals surface area contributed by atoms with E-state index in [0.717, 1.165) is 29.2 Å². The van der Waals surface area contributed by atoms with Crippen LogP contribution in [0.15, 0.2) is 59.8 Å². The van der Waals surface area contributed by atoms with E-state index in [0.29, 0.717) is 17.7 Å². The molecule has 4 rings (SSSR count). The van der Waals surface area contributed by atoms with Crippen LogP contribution in [0.1, 0.15) is 48.2 Å². The lowest BCUT2D eigenvalue weighted by molar-refractivity contribution is -0.190. The number of nitrogens with zero attached hydrogens (tertiary/aromatic N) is 1. The molecular weight excluding hydrogens is 533 g/mol. The van der Waals surface area contributed by atoms with Crippen LogP contribution in [0.3, 0.4) is 0 Å². The van der Waals surface area contributed by atoms with Gasteiger partial charge in [-0.1, -0.05) is 32.0 Å². The maximum atomic E-state index is 14.9. The minimum absolute atomic E-state index is 0.00688. The van der Waals surface area contributed by atoms with Crippen LogP contribution >= 0.6 is 0 Å². The van der Waals surface area contributed by atoms with Gasteiger partial charge in [-0.15, -0.1) is 0 Å². The van der Waals surface area contributed by atoms with Crippen LogP contribution in [0.4, 0.5) is 30.7 Å². The number of halogens is 7. The minimum Gasteiger partial charge on any atom is -0.326 e. The fraction of sp³-hybridized carbons (Fsp3) is 0.370. The molecule has 5 nitrogen and oxygen atoms in total. The summed E-state index contributed by atoms with van der Waals surface area (Å²) in [5.41, 5.74) is -7.27. The molecule has 0 saturated carbocycles. The highest BCUT2D eigenvalue weighted by molar-refractivity contribution is 6.14. The molecule has 0 aromatic heterocycles. The molecule has 12 heteroatoms. The molecule has 1 atom stereocenters. The van der Waals surface area contributed by atoms with Crippen molar-refractivity contribution in [2.75, 3.05) is 6.54 Å². The van der Waals surface area contributed by atoms with Gasteiger partial charge in [0, 0.05) is 24.2 Å². The Morgan fingerprint density at radius 2 is 1.62 bits per heavy atom. The zero-order valence-electron chi connectivity index (χ0n) is 20.8. The summed E-state index contributed by atoms with van der Waals surface area (Å²) in [6.07, 6.45) is -10.8. The summed E-state index contributed by atoms with van der Waals surface area (Å²) >= 11 is 0. The average Bonchev–Trinajstić information content (AvgIpc) is 3.05. The van der Waals surface area contributed by atoms with E-state index in [2.05, 4.69) is 0 Å². The van der Waals surface area contributed by atoms with Crippen molar-refractivity contribution < 1.29 is 45.1 Å². The molecular formula is C27H23F7N2O3. The predicted octanol–water partition coefficient (Wildman–Crippen LogP) is 5.60. The van der Waals surface area contributed by atoms with E-state index in [1.54, 1.807) is 19.2 Å². The highest BCUT2D eigenvalue weighted by Crippen LogP contribution is 2.51. The van der Waals surface area contributed by atoms with Crippen LogP contribution < -0.4 is 5.32 Å². The molecule has 2 amide bonds. The maximum absolute atomic E-state index is 14.9. The number of nitrogens with one attached hydrogen (secondary N) is 1. The molecule has 39 heavy (non-hydrogen) atoms. The van der Waals surface area contributed by atoms with Crippen molar-refractivity contribution in [2.45, 2.75) is 51.0 Å². The van der Waals surface area contributed by atoms with Gasteiger partial charge < -0.3 is 10.2 Å². The SMILES string of the molecule is CC1(C)CC(=O)C2=C(C1)N(CCc1ccc(F)cc1)C(=O)C2(NC(=O)c1cccc(C(F)(F)F)c1)C(F)(F)F. The fourth-order valence-corrected chi connectivity index (χ4v) is 5.03. The summed E-state index contributed by atoms with van der Waals surface area (Å²) in [6.45, 7) is 2.97. The summed E-state index contributed by atoms with van der Waals surface area (Å²) in [6, 6.07) is 7.82. The van der Waals surface area contributed by atoms with Gasteiger partial charge in [0.25, 0.3) is 11.8 Å². The van der Waals surface area contributed by atoms with Crippen LogP contribution in [0, 0.1) is 11.2 Å². The Kier molecular flexibility index (Phi) is 6.89. The van der Waals surface area contributed by atoms with Crippen molar-refractivity contribution in [1.82, 2.24) is 10.2 Å². The van der Waals surface area contributed by atoms with Crippen LogP contribution in [0.2, 0.25) is 0 Å². The molecule has 1 N–H and O–H groups in total. The molecule has 2 aliphatic rings. The quantitative estimate of drug-likeness (QED) is 0.488. The summed E-state index contributed by atoms with van der Waals surface area (Å²) in [5.74, 6) is -4.76. The third-order valence-electron chi connectivity index (χ3n) is 6.83. The Bertz CT molecular complexity index is 1360. The Morgan fingerprint density at radius 1 is 0.974 bits per heavy atom. The number of hydrogen-bond acceptors (Lipinski definition) is 3. The van der Waals surface area contributed by atoms with E-state index in [9.17, 15) is 45.1 Å². The highest BCUT2D eigenvalue weighted by Gasteiger charge is 2.71. The molecule has 1 aliphatic heterocycles. The van der Waals surface area contributed by atoms with Gasteiger partial charge in [-0.3, -0.25) is 14.4 Å². The third-order valence-corrected chi connectivity index (χ3v) is 6.83. The van der Waals surface area contributed by atoms with Gasteiger partial charge in [0.2, 0.25) is 5.54 Å². The van der Waals surface area contributed by atoms with Crippen molar-refractivity contribution in [1.29, 1.82) is 0 Å². The van der Waals surface area contributed by atoms with Crippen molar-refractivity contribution in [3.63, 3.8) is 0 Å². The number of allylic oxidation sites excluding steroid dienone is 1. The molecule has 0 spiro atoms. The van der Waals surface area contributed by atoms with E-state index in [4.69, 9.17) is 0 Å².